The molecule has 0 spiro atoms. The van der Waals surface area contributed by atoms with Crippen LogP contribution in [0.25, 0.3) is 0 Å². The average Bonchev–Trinajstić information content (AvgIpc) is 2.59. The van der Waals surface area contributed by atoms with Gasteiger partial charge in [-0.1, -0.05) is 20.8 Å². The Morgan fingerprint density at radius 2 is 1.85 bits per heavy atom. The van der Waals surface area contributed by atoms with Crippen LogP contribution in [0.5, 0.6) is 5.75 Å². The zero-order valence-electron chi connectivity index (χ0n) is 17.8. The minimum Gasteiger partial charge on any atom is -0.491 e. The molecule has 1 aliphatic rings. The zero-order chi connectivity index (χ0) is 19.2. The summed E-state index contributed by atoms with van der Waals surface area (Å²) in [7, 11) is 0. The number of benzene rings is 1. The van der Waals surface area contributed by atoms with Crippen molar-refractivity contribution in [2.45, 2.75) is 85.5 Å². The second-order valence-corrected chi connectivity index (χ2v) is 8.94. The van der Waals surface area contributed by atoms with Crippen LogP contribution in [-0.2, 0) is 11.3 Å². The van der Waals surface area contributed by atoms with Crippen LogP contribution in [0, 0.1) is 11.3 Å². The van der Waals surface area contributed by atoms with Gasteiger partial charge in [0.15, 0.2) is 0 Å². The van der Waals surface area contributed by atoms with Gasteiger partial charge in [-0.3, -0.25) is 0 Å². The summed E-state index contributed by atoms with van der Waals surface area (Å²) >= 11 is 0. The third-order valence-electron chi connectivity index (χ3n) is 6.27. The Bertz CT molecular complexity index is 540. The smallest absolute Gasteiger partial charge is 0.119 e. The molecule has 0 amide bonds. The lowest BCUT2D eigenvalue weighted by molar-refractivity contribution is -0.672. The Kier molecular flexibility index (Phi) is 7.54. The predicted octanol–water partition coefficient (Wildman–Crippen LogP) is 4.55. The summed E-state index contributed by atoms with van der Waals surface area (Å²) in [5.41, 5.74) is 1.86. The minimum atomic E-state index is 0.0643. The van der Waals surface area contributed by atoms with Crippen molar-refractivity contribution in [2.75, 3.05) is 13.2 Å². The molecule has 1 fully saturated rings. The van der Waals surface area contributed by atoms with Crippen molar-refractivity contribution in [1.82, 2.24) is 0 Å². The first kappa shape index (κ1) is 21.2. The molecule has 26 heavy (non-hydrogen) atoms. The molecule has 0 radical (unpaired) electrons. The van der Waals surface area contributed by atoms with Gasteiger partial charge in [-0.15, -0.1) is 0 Å². The van der Waals surface area contributed by atoms with Gasteiger partial charge in [0.2, 0.25) is 0 Å². The Balaban J connectivity index is 1.85. The van der Waals surface area contributed by atoms with E-state index < -0.39 is 0 Å². The fourth-order valence-corrected chi connectivity index (χ4v) is 4.24. The highest BCUT2D eigenvalue weighted by atomic mass is 16.5. The van der Waals surface area contributed by atoms with Crippen LogP contribution in [0.3, 0.4) is 0 Å². The maximum Gasteiger partial charge on any atom is 0.119 e. The highest BCUT2D eigenvalue weighted by Crippen LogP contribution is 2.47. The zero-order valence-corrected chi connectivity index (χ0v) is 17.8. The third kappa shape index (κ3) is 5.72. The molecule has 0 unspecified atom stereocenters. The van der Waals surface area contributed by atoms with Crippen molar-refractivity contribution in [1.29, 1.82) is 0 Å². The Hall–Kier alpha value is -1.06. The summed E-state index contributed by atoms with van der Waals surface area (Å²) < 4.78 is 11.8. The fourth-order valence-electron chi connectivity index (χ4n) is 4.24. The molecule has 0 aliphatic carbocycles. The van der Waals surface area contributed by atoms with E-state index in [9.17, 15) is 0 Å². The van der Waals surface area contributed by atoms with E-state index in [2.05, 4.69) is 71.1 Å². The topological polar surface area (TPSA) is 35.1 Å². The lowest BCUT2D eigenvalue weighted by Crippen LogP contribution is -2.83. The molecule has 3 heteroatoms. The van der Waals surface area contributed by atoms with E-state index in [1.807, 2.05) is 0 Å². The Labute approximate surface area is 160 Å². The van der Waals surface area contributed by atoms with Crippen LogP contribution in [0.15, 0.2) is 24.3 Å². The quantitative estimate of drug-likeness (QED) is 0.654. The van der Waals surface area contributed by atoms with E-state index >= 15 is 0 Å². The van der Waals surface area contributed by atoms with Crippen LogP contribution in [0.1, 0.15) is 72.8 Å². The monoisotopic (exact) mass is 362 g/mol. The van der Waals surface area contributed by atoms with Gasteiger partial charge in [0, 0.05) is 18.6 Å². The van der Waals surface area contributed by atoms with E-state index in [0.717, 1.165) is 25.3 Å². The van der Waals surface area contributed by atoms with E-state index in [-0.39, 0.29) is 11.7 Å². The molecule has 2 N–H and O–H groups in total. The van der Waals surface area contributed by atoms with Gasteiger partial charge in [0.1, 0.15) is 12.3 Å². The SMILES string of the molecule is CC[C@]1(C)C[C@@](CC[NH2+]Cc2ccc(OC(C)C)cc2)(C(C)C)CCO1. The highest BCUT2D eigenvalue weighted by Gasteiger charge is 2.44. The number of hydrogen-bond donors (Lipinski definition) is 1. The standard InChI is InChI=1S/C23H39NO2/c1-7-22(6)17-23(18(2)3,13-15-25-22)12-14-24-16-20-8-10-21(11-9-20)26-19(4)5/h8-11,18-19,24H,7,12-17H2,1-6H3/p+1/t22-,23+/m1/s1. The van der Waals surface area contributed by atoms with Crippen molar-refractivity contribution >= 4 is 0 Å². The molecule has 3 nitrogen and oxygen atoms in total. The van der Waals surface area contributed by atoms with Crippen LogP contribution in [0.4, 0.5) is 0 Å². The molecule has 2 rings (SSSR count). The largest absolute Gasteiger partial charge is 0.491 e. The average molecular weight is 363 g/mol. The third-order valence-corrected chi connectivity index (χ3v) is 6.27. The molecule has 0 aromatic heterocycles. The number of nitrogens with two attached hydrogens (primary N) is 1. The number of quaternary nitrogens is 1. The molecule has 1 aromatic rings. The summed E-state index contributed by atoms with van der Waals surface area (Å²) in [6, 6.07) is 8.55. The summed E-state index contributed by atoms with van der Waals surface area (Å²) in [6.07, 6.45) is 5.01. The molecule has 148 valence electrons. The van der Waals surface area contributed by atoms with Crippen molar-refractivity contribution in [2.24, 2.45) is 11.3 Å². The van der Waals surface area contributed by atoms with Gasteiger partial charge in [0.25, 0.3) is 0 Å². The first-order valence-electron chi connectivity index (χ1n) is 10.5. The molecule has 1 saturated heterocycles. The predicted molar refractivity (Wildman–Crippen MR) is 108 cm³/mol. The second-order valence-electron chi connectivity index (χ2n) is 8.94. The van der Waals surface area contributed by atoms with Gasteiger partial charge in [-0.2, -0.15) is 0 Å². The van der Waals surface area contributed by atoms with Gasteiger partial charge in [0.05, 0.1) is 18.2 Å². The summed E-state index contributed by atoms with van der Waals surface area (Å²) in [5, 5.41) is 2.46. The highest BCUT2D eigenvalue weighted by molar-refractivity contribution is 5.26. The van der Waals surface area contributed by atoms with E-state index in [1.165, 1.54) is 31.4 Å². The Morgan fingerprint density at radius 1 is 1.15 bits per heavy atom. The molecule has 1 heterocycles. The number of ether oxygens (including phenoxy) is 2. The molecular weight excluding hydrogens is 322 g/mol. The van der Waals surface area contributed by atoms with Gasteiger partial charge < -0.3 is 14.8 Å². The van der Waals surface area contributed by atoms with Gasteiger partial charge in [-0.25, -0.2) is 0 Å². The van der Waals surface area contributed by atoms with Crippen LogP contribution in [-0.4, -0.2) is 24.9 Å². The minimum absolute atomic E-state index is 0.0643. The van der Waals surface area contributed by atoms with Crippen LogP contribution < -0.4 is 10.1 Å². The van der Waals surface area contributed by atoms with Crippen molar-refractivity contribution in [3.63, 3.8) is 0 Å². The van der Waals surface area contributed by atoms with E-state index in [1.54, 1.807) is 0 Å². The van der Waals surface area contributed by atoms with Crippen molar-refractivity contribution in [3.05, 3.63) is 29.8 Å². The van der Waals surface area contributed by atoms with E-state index in [0.29, 0.717) is 11.3 Å². The van der Waals surface area contributed by atoms with Crippen LogP contribution >= 0.6 is 0 Å². The van der Waals surface area contributed by atoms with Crippen LogP contribution in [0.2, 0.25) is 0 Å². The summed E-state index contributed by atoms with van der Waals surface area (Å²) in [6.45, 7) is 16.6. The maximum atomic E-state index is 6.11. The molecular formula is C23H40NO2+. The normalized spacial score (nSPS) is 26.5. The first-order valence-corrected chi connectivity index (χ1v) is 10.5. The fraction of sp³-hybridized carbons (Fsp3) is 0.739. The second kappa shape index (κ2) is 9.23. The number of hydrogen-bond acceptors (Lipinski definition) is 2. The lowest BCUT2D eigenvalue weighted by atomic mass is 9.64. The van der Waals surface area contributed by atoms with Gasteiger partial charge in [-0.05, 0) is 75.6 Å². The molecule has 1 aliphatic heterocycles. The molecule has 2 atom stereocenters. The molecule has 1 aromatic carbocycles. The molecule has 0 saturated carbocycles. The molecule has 0 bridgehead atoms. The van der Waals surface area contributed by atoms with Gasteiger partial charge >= 0.3 is 0 Å². The summed E-state index contributed by atoms with van der Waals surface area (Å²) in [5.74, 6) is 1.67. The summed E-state index contributed by atoms with van der Waals surface area (Å²) in [4.78, 5) is 0. The Morgan fingerprint density at radius 3 is 2.42 bits per heavy atom. The lowest BCUT2D eigenvalue weighted by Gasteiger charge is -2.48. The van der Waals surface area contributed by atoms with E-state index in [4.69, 9.17) is 9.47 Å². The first-order chi connectivity index (χ1) is 12.3. The maximum absolute atomic E-state index is 6.11. The van der Waals surface area contributed by atoms with Crippen molar-refractivity contribution < 1.29 is 14.8 Å². The number of rotatable bonds is 9. The van der Waals surface area contributed by atoms with Crippen molar-refractivity contribution in [3.8, 4) is 5.75 Å².